The van der Waals surface area contributed by atoms with Gasteiger partial charge in [0.25, 0.3) is 0 Å². The van der Waals surface area contributed by atoms with Crippen LogP contribution in [-0.2, 0) is 0 Å². The molecule has 1 N–H and O–H groups in total. The quantitative estimate of drug-likeness (QED) is 0.739. The van der Waals surface area contributed by atoms with E-state index in [0.717, 1.165) is 25.6 Å². The van der Waals surface area contributed by atoms with Crippen molar-refractivity contribution >= 4 is 0 Å². The van der Waals surface area contributed by atoms with Gasteiger partial charge in [0.2, 0.25) is 0 Å². The van der Waals surface area contributed by atoms with Gasteiger partial charge >= 0.3 is 0 Å². The summed E-state index contributed by atoms with van der Waals surface area (Å²) in [6.45, 7) is 12.4. The third-order valence-electron chi connectivity index (χ3n) is 4.11. The maximum atomic E-state index is 3.49. The first-order valence-corrected chi connectivity index (χ1v) is 8.01. The van der Waals surface area contributed by atoms with Gasteiger partial charge in [-0.3, -0.25) is 0 Å². The van der Waals surface area contributed by atoms with E-state index in [9.17, 15) is 0 Å². The highest BCUT2D eigenvalue weighted by Gasteiger charge is 2.19. The minimum Gasteiger partial charge on any atom is -0.313 e. The van der Waals surface area contributed by atoms with E-state index in [-0.39, 0.29) is 0 Å². The Bertz CT molecular complexity index is 348. The van der Waals surface area contributed by atoms with Crippen LogP contribution in [0.25, 0.3) is 0 Å². The van der Waals surface area contributed by atoms with E-state index < -0.39 is 0 Å². The normalized spacial score (nSPS) is 14.8. The third-order valence-corrected chi connectivity index (χ3v) is 4.11. The van der Waals surface area contributed by atoms with Crippen molar-refractivity contribution in [1.82, 2.24) is 10.2 Å². The van der Waals surface area contributed by atoms with Gasteiger partial charge in [-0.25, -0.2) is 0 Å². The number of hydrogen-bond acceptors (Lipinski definition) is 2. The molecule has 0 aromatic heterocycles. The summed E-state index contributed by atoms with van der Waals surface area (Å²) in [7, 11) is 2.24. The highest BCUT2D eigenvalue weighted by atomic mass is 15.1. The van der Waals surface area contributed by atoms with Crippen LogP contribution >= 0.6 is 0 Å². The number of hydrogen-bond donors (Lipinski definition) is 1. The number of nitrogens with zero attached hydrogens (tertiary/aromatic N) is 1. The molecule has 1 aromatic carbocycles. The molecule has 2 nitrogen and oxygen atoms in total. The molecule has 0 aliphatic carbocycles. The van der Waals surface area contributed by atoms with Crippen LogP contribution < -0.4 is 5.32 Å². The van der Waals surface area contributed by atoms with Crippen LogP contribution in [0.15, 0.2) is 30.3 Å². The van der Waals surface area contributed by atoms with Crippen molar-refractivity contribution in [2.24, 2.45) is 5.92 Å². The third kappa shape index (κ3) is 6.06. The molecule has 0 bridgehead atoms. The molecule has 2 heteroatoms. The maximum Gasteiger partial charge on any atom is 0.0104 e. The molecule has 0 radical (unpaired) electrons. The molecule has 2 atom stereocenters. The van der Waals surface area contributed by atoms with Gasteiger partial charge in [-0.2, -0.15) is 0 Å². The summed E-state index contributed by atoms with van der Waals surface area (Å²) in [6, 6.07) is 11.5. The van der Waals surface area contributed by atoms with Crippen LogP contribution in [-0.4, -0.2) is 37.6 Å². The molecule has 0 amide bonds. The lowest BCUT2D eigenvalue weighted by Crippen LogP contribution is -2.35. The predicted molar refractivity (Wildman–Crippen MR) is 89.3 cm³/mol. The fourth-order valence-electron chi connectivity index (χ4n) is 2.57. The fraction of sp³-hybridized carbons (Fsp3) is 0.667. The molecule has 20 heavy (non-hydrogen) atoms. The number of benzene rings is 1. The zero-order chi connectivity index (χ0) is 15.0. The van der Waals surface area contributed by atoms with Crippen molar-refractivity contribution < 1.29 is 0 Å². The molecule has 0 saturated carbocycles. The topological polar surface area (TPSA) is 15.3 Å². The summed E-state index contributed by atoms with van der Waals surface area (Å²) in [4.78, 5) is 2.46. The van der Waals surface area contributed by atoms with Gasteiger partial charge in [-0.1, -0.05) is 64.4 Å². The molecule has 0 fully saturated rings. The summed E-state index contributed by atoms with van der Waals surface area (Å²) in [6.07, 6.45) is 1.23. The predicted octanol–water partition coefficient (Wildman–Crippen LogP) is 3.75. The van der Waals surface area contributed by atoms with Crippen LogP contribution in [0.3, 0.4) is 0 Å². The Kier molecular flexibility index (Phi) is 7.86. The van der Waals surface area contributed by atoms with Gasteiger partial charge < -0.3 is 10.2 Å². The second kappa shape index (κ2) is 9.15. The van der Waals surface area contributed by atoms with E-state index in [1.807, 2.05) is 0 Å². The molecule has 0 aliphatic rings. The van der Waals surface area contributed by atoms with E-state index in [1.54, 1.807) is 0 Å². The van der Waals surface area contributed by atoms with Gasteiger partial charge in [-0.15, -0.1) is 0 Å². The summed E-state index contributed by atoms with van der Waals surface area (Å²) in [5.74, 6) is 1.35. The summed E-state index contributed by atoms with van der Waals surface area (Å²) in [5, 5.41) is 3.49. The highest BCUT2D eigenvalue weighted by molar-refractivity contribution is 5.20. The minimum atomic E-state index is 0.572. The van der Waals surface area contributed by atoms with Crippen molar-refractivity contribution in [3.63, 3.8) is 0 Å². The molecule has 0 heterocycles. The first kappa shape index (κ1) is 17.2. The lowest BCUT2D eigenvalue weighted by Gasteiger charge is -2.29. The first-order valence-electron chi connectivity index (χ1n) is 8.01. The lowest BCUT2D eigenvalue weighted by atomic mass is 9.85. The van der Waals surface area contributed by atoms with Gasteiger partial charge in [0.1, 0.15) is 0 Å². The Labute approximate surface area is 125 Å². The Balaban J connectivity index is 2.57. The summed E-state index contributed by atoms with van der Waals surface area (Å²) in [5.41, 5.74) is 1.48. The molecular formula is C18H32N2. The van der Waals surface area contributed by atoms with E-state index in [0.29, 0.717) is 12.0 Å². The highest BCUT2D eigenvalue weighted by Crippen LogP contribution is 2.27. The molecule has 0 aliphatic heterocycles. The lowest BCUT2D eigenvalue weighted by molar-refractivity contribution is 0.270. The monoisotopic (exact) mass is 276 g/mol. The van der Waals surface area contributed by atoms with Crippen molar-refractivity contribution in [3.8, 4) is 0 Å². The summed E-state index contributed by atoms with van der Waals surface area (Å²) < 4.78 is 0. The molecular weight excluding hydrogens is 244 g/mol. The minimum absolute atomic E-state index is 0.572. The van der Waals surface area contributed by atoms with Crippen molar-refractivity contribution in [1.29, 1.82) is 0 Å². The van der Waals surface area contributed by atoms with E-state index in [2.05, 4.69) is 75.3 Å². The summed E-state index contributed by atoms with van der Waals surface area (Å²) >= 11 is 0. The smallest absolute Gasteiger partial charge is 0.0104 e. The Morgan fingerprint density at radius 1 is 1.10 bits per heavy atom. The van der Waals surface area contributed by atoms with Crippen molar-refractivity contribution in [2.45, 2.75) is 46.1 Å². The molecule has 1 aromatic rings. The van der Waals surface area contributed by atoms with Crippen LogP contribution in [0, 0.1) is 5.92 Å². The molecule has 0 saturated heterocycles. The number of likely N-dealkylation sites (N-methyl/N-ethyl adjacent to an activating group) is 1. The van der Waals surface area contributed by atoms with E-state index >= 15 is 0 Å². The Morgan fingerprint density at radius 2 is 1.75 bits per heavy atom. The fourth-order valence-corrected chi connectivity index (χ4v) is 2.57. The second-order valence-electron chi connectivity index (χ2n) is 6.27. The van der Waals surface area contributed by atoms with Crippen LogP contribution in [0.4, 0.5) is 0 Å². The van der Waals surface area contributed by atoms with Crippen LogP contribution in [0.2, 0.25) is 0 Å². The maximum absolute atomic E-state index is 3.49. The zero-order valence-electron chi connectivity index (χ0n) is 13.9. The van der Waals surface area contributed by atoms with E-state index in [1.165, 1.54) is 12.0 Å². The first-order chi connectivity index (χ1) is 9.54. The zero-order valence-corrected chi connectivity index (χ0v) is 13.9. The van der Waals surface area contributed by atoms with Crippen LogP contribution in [0.1, 0.15) is 45.6 Å². The average Bonchev–Trinajstić information content (AvgIpc) is 2.44. The van der Waals surface area contributed by atoms with Gasteiger partial charge in [0, 0.05) is 25.7 Å². The van der Waals surface area contributed by atoms with Crippen molar-refractivity contribution in [3.05, 3.63) is 35.9 Å². The van der Waals surface area contributed by atoms with Gasteiger partial charge in [-0.05, 0) is 24.4 Å². The standard InChI is InChI=1S/C18H32N2/c1-6-16(4)18(17-10-8-7-9-11-17)14-20(5)13-12-19-15(2)3/h7-11,15-16,18-19H,6,12-14H2,1-5H3. The van der Waals surface area contributed by atoms with Gasteiger partial charge in [0.15, 0.2) is 0 Å². The number of nitrogens with one attached hydrogen (secondary N) is 1. The van der Waals surface area contributed by atoms with Crippen molar-refractivity contribution in [2.75, 3.05) is 26.7 Å². The Morgan fingerprint density at radius 3 is 2.30 bits per heavy atom. The van der Waals surface area contributed by atoms with E-state index in [4.69, 9.17) is 0 Å². The number of rotatable bonds is 9. The largest absolute Gasteiger partial charge is 0.313 e. The van der Waals surface area contributed by atoms with Crippen LogP contribution in [0.5, 0.6) is 0 Å². The molecule has 114 valence electrons. The molecule has 1 rings (SSSR count). The average molecular weight is 276 g/mol. The van der Waals surface area contributed by atoms with Gasteiger partial charge in [0.05, 0.1) is 0 Å². The SMILES string of the molecule is CCC(C)C(CN(C)CCNC(C)C)c1ccccc1. The molecule has 2 unspecified atom stereocenters. The molecule has 0 spiro atoms. The Hall–Kier alpha value is -0.860. The second-order valence-corrected chi connectivity index (χ2v) is 6.27.